The lowest BCUT2D eigenvalue weighted by molar-refractivity contribution is -0.387. The predicted octanol–water partition coefficient (Wildman–Crippen LogP) is 3.55. The highest BCUT2D eigenvalue weighted by atomic mass is 35.5. The van der Waals surface area contributed by atoms with E-state index in [1.54, 1.807) is 0 Å². The Hall–Kier alpha value is -2.12. The van der Waals surface area contributed by atoms with E-state index in [1.807, 2.05) is 0 Å². The summed E-state index contributed by atoms with van der Waals surface area (Å²) in [5, 5.41) is 10.5. The minimum absolute atomic E-state index is 0. The van der Waals surface area contributed by atoms with Gasteiger partial charge in [-0.1, -0.05) is 0 Å². The molecule has 0 aliphatic carbocycles. The van der Waals surface area contributed by atoms with Crippen molar-refractivity contribution in [3.8, 4) is 11.1 Å². The molecular formula is C12H11Cl2F2N3O2. The summed E-state index contributed by atoms with van der Waals surface area (Å²) in [4.78, 5) is 9.50. The van der Waals surface area contributed by atoms with E-state index in [0.717, 1.165) is 6.07 Å². The Balaban J connectivity index is 0.00000200. The molecule has 0 heterocycles. The molecular weight excluding hydrogens is 327 g/mol. The predicted molar refractivity (Wildman–Crippen MR) is 81.8 cm³/mol. The van der Waals surface area contributed by atoms with Gasteiger partial charge < -0.3 is 11.5 Å². The van der Waals surface area contributed by atoms with E-state index in [-0.39, 0.29) is 41.6 Å². The van der Waals surface area contributed by atoms with Crippen molar-refractivity contribution in [3.05, 3.63) is 52.1 Å². The Morgan fingerprint density at radius 3 is 2.14 bits per heavy atom. The molecule has 0 saturated carbocycles. The molecule has 0 atom stereocenters. The normalized spacial score (nSPS) is 9.43. The number of rotatable bonds is 2. The van der Waals surface area contributed by atoms with E-state index >= 15 is 0 Å². The molecule has 2 aromatic rings. The summed E-state index contributed by atoms with van der Waals surface area (Å²) in [5.41, 5.74) is 10.8. The summed E-state index contributed by atoms with van der Waals surface area (Å²) in [5.74, 6) is -2.08. The molecule has 21 heavy (non-hydrogen) atoms. The first-order valence-electron chi connectivity index (χ1n) is 5.19. The van der Waals surface area contributed by atoms with Crippen LogP contribution in [0.1, 0.15) is 0 Å². The average Bonchev–Trinajstić information content (AvgIpc) is 2.34. The number of halogens is 4. The second-order valence-corrected chi connectivity index (χ2v) is 3.89. The molecule has 0 bridgehead atoms. The van der Waals surface area contributed by atoms with Gasteiger partial charge >= 0.3 is 5.69 Å². The number of hydrogen-bond donors (Lipinski definition) is 2. The number of nitrogens with zero attached hydrogens (tertiary/aromatic N) is 1. The van der Waals surface area contributed by atoms with Crippen molar-refractivity contribution in [3.63, 3.8) is 0 Å². The number of nitrogen functional groups attached to an aromatic ring is 2. The van der Waals surface area contributed by atoms with E-state index in [2.05, 4.69) is 0 Å². The number of benzene rings is 2. The van der Waals surface area contributed by atoms with E-state index in [1.165, 1.54) is 18.2 Å². The van der Waals surface area contributed by atoms with Gasteiger partial charge in [-0.15, -0.1) is 24.8 Å². The van der Waals surface area contributed by atoms with Gasteiger partial charge in [-0.25, -0.2) is 4.39 Å². The molecule has 114 valence electrons. The highest BCUT2D eigenvalue weighted by Gasteiger charge is 2.20. The van der Waals surface area contributed by atoms with Crippen LogP contribution in [0, 0.1) is 21.7 Å². The monoisotopic (exact) mass is 337 g/mol. The largest absolute Gasteiger partial charge is 0.399 e. The van der Waals surface area contributed by atoms with Crippen LogP contribution in [0.15, 0.2) is 30.3 Å². The second kappa shape index (κ2) is 7.05. The fraction of sp³-hybridized carbons (Fsp3) is 0. The third-order valence-corrected chi connectivity index (χ3v) is 2.60. The van der Waals surface area contributed by atoms with Crippen molar-refractivity contribution in [2.75, 3.05) is 11.5 Å². The van der Waals surface area contributed by atoms with Crippen LogP contribution >= 0.6 is 24.8 Å². The number of anilines is 2. The van der Waals surface area contributed by atoms with Crippen molar-refractivity contribution in [1.29, 1.82) is 0 Å². The first-order valence-corrected chi connectivity index (χ1v) is 5.19. The highest BCUT2D eigenvalue weighted by molar-refractivity contribution is 5.85. The summed E-state index contributed by atoms with van der Waals surface area (Å²) in [6.07, 6.45) is 0. The molecule has 5 nitrogen and oxygen atoms in total. The Morgan fingerprint density at radius 1 is 0.952 bits per heavy atom. The van der Waals surface area contributed by atoms with E-state index in [4.69, 9.17) is 11.5 Å². The van der Waals surface area contributed by atoms with Crippen LogP contribution in [0.5, 0.6) is 0 Å². The van der Waals surface area contributed by atoms with Crippen molar-refractivity contribution in [1.82, 2.24) is 0 Å². The maximum absolute atomic E-state index is 13.8. The smallest absolute Gasteiger partial charge is 0.307 e. The van der Waals surface area contributed by atoms with Gasteiger partial charge in [0.05, 0.1) is 11.0 Å². The molecule has 2 aromatic carbocycles. The Bertz CT molecular complexity index is 684. The molecule has 0 aliphatic rings. The number of hydrogen-bond acceptors (Lipinski definition) is 4. The van der Waals surface area contributed by atoms with Crippen LogP contribution in [0.3, 0.4) is 0 Å². The summed E-state index contributed by atoms with van der Waals surface area (Å²) in [7, 11) is 0. The summed E-state index contributed by atoms with van der Waals surface area (Å²) in [6.45, 7) is 0. The lowest BCUT2D eigenvalue weighted by atomic mass is 10.0. The maximum atomic E-state index is 13.8. The van der Waals surface area contributed by atoms with Gasteiger partial charge in [0.15, 0.2) is 0 Å². The highest BCUT2D eigenvalue weighted by Crippen LogP contribution is 2.33. The lowest BCUT2D eigenvalue weighted by Gasteiger charge is -2.08. The molecule has 0 unspecified atom stereocenters. The Labute approximate surface area is 130 Å². The summed E-state index contributed by atoms with van der Waals surface area (Å²) >= 11 is 0. The topological polar surface area (TPSA) is 95.2 Å². The standard InChI is InChI=1S/C12H9F2N3O2.2ClH/c13-9-5-12(17(18)19)10(14)4-7(9)8-3-6(15)1-2-11(8)16;;/h1-5H,15-16H2;2*1H. The molecule has 0 radical (unpaired) electrons. The Kier molecular flexibility index (Phi) is 6.34. The summed E-state index contributed by atoms with van der Waals surface area (Å²) < 4.78 is 27.3. The fourth-order valence-electron chi connectivity index (χ4n) is 1.69. The third kappa shape index (κ3) is 3.71. The average molecular weight is 338 g/mol. The fourth-order valence-corrected chi connectivity index (χ4v) is 1.69. The second-order valence-electron chi connectivity index (χ2n) is 3.89. The van der Waals surface area contributed by atoms with E-state index < -0.39 is 22.2 Å². The lowest BCUT2D eigenvalue weighted by Crippen LogP contribution is -1.98. The van der Waals surface area contributed by atoms with Crippen LogP contribution in [0.2, 0.25) is 0 Å². The van der Waals surface area contributed by atoms with Crippen molar-refractivity contribution in [2.45, 2.75) is 0 Å². The van der Waals surface area contributed by atoms with Gasteiger partial charge in [0.1, 0.15) is 5.82 Å². The van der Waals surface area contributed by atoms with E-state index in [0.29, 0.717) is 11.8 Å². The molecule has 2 rings (SSSR count). The zero-order valence-electron chi connectivity index (χ0n) is 10.4. The molecule has 0 spiro atoms. The Morgan fingerprint density at radius 2 is 1.57 bits per heavy atom. The molecule has 0 aliphatic heterocycles. The number of nitrogens with two attached hydrogens (primary N) is 2. The van der Waals surface area contributed by atoms with Crippen LogP contribution < -0.4 is 11.5 Å². The van der Waals surface area contributed by atoms with Crippen LogP contribution in [-0.2, 0) is 0 Å². The van der Waals surface area contributed by atoms with Crippen LogP contribution in [0.4, 0.5) is 25.8 Å². The third-order valence-electron chi connectivity index (χ3n) is 2.60. The minimum Gasteiger partial charge on any atom is -0.399 e. The quantitative estimate of drug-likeness (QED) is 0.497. The number of nitro benzene ring substituents is 1. The number of nitro groups is 1. The first kappa shape index (κ1) is 18.9. The minimum atomic E-state index is -1.14. The molecule has 0 amide bonds. The molecule has 4 N–H and O–H groups in total. The van der Waals surface area contributed by atoms with Gasteiger partial charge in [0.2, 0.25) is 5.82 Å². The molecule has 0 fully saturated rings. The zero-order valence-corrected chi connectivity index (χ0v) is 12.0. The van der Waals surface area contributed by atoms with Crippen LogP contribution in [0.25, 0.3) is 11.1 Å². The molecule has 0 saturated heterocycles. The SMILES string of the molecule is Cl.Cl.Nc1ccc(N)c(-c2cc(F)c([N+](=O)[O-])cc2F)c1. The summed E-state index contributed by atoms with van der Waals surface area (Å²) in [6, 6.07) is 5.59. The van der Waals surface area contributed by atoms with Crippen LogP contribution in [-0.4, -0.2) is 4.92 Å². The van der Waals surface area contributed by atoms with Gasteiger partial charge in [0, 0.05) is 22.5 Å². The van der Waals surface area contributed by atoms with Gasteiger partial charge in [-0.2, -0.15) is 4.39 Å². The van der Waals surface area contributed by atoms with Crippen molar-refractivity contribution >= 4 is 41.9 Å². The van der Waals surface area contributed by atoms with Gasteiger partial charge in [0.25, 0.3) is 0 Å². The molecule has 0 aromatic heterocycles. The van der Waals surface area contributed by atoms with Crippen molar-refractivity contribution in [2.24, 2.45) is 0 Å². The molecule has 9 heteroatoms. The maximum Gasteiger partial charge on any atom is 0.307 e. The van der Waals surface area contributed by atoms with Crippen molar-refractivity contribution < 1.29 is 13.7 Å². The zero-order chi connectivity index (χ0) is 14.2. The first-order chi connectivity index (χ1) is 8.90. The van der Waals surface area contributed by atoms with Gasteiger partial charge in [-0.3, -0.25) is 10.1 Å². The van der Waals surface area contributed by atoms with E-state index in [9.17, 15) is 18.9 Å². The van der Waals surface area contributed by atoms with Gasteiger partial charge in [-0.05, 0) is 24.3 Å².